The summed E-state index contributed by atoms with van der Waals surface area (Å²) in [7, 11) is 2.08. The van der Waals surface area contributed by atoms with Crippen LogP contribution in [0.4, 0.5) is 0 Å². The zero-order valence-corrected chi connectivity index (χ0v) is 15.4. The predicted octanol–water partition coefficient (Wildman–Crippen LogP) is 6.18. The molecule has 0 aliphatic rings. The number of imidazole rings is 1. The predicted molar refractivity (Wildman–Crippen MR) is 107 cm³/mol. The standard InChI is InChI=1S/C22H17BrN2/c1-25-21(17-12-6-3-7-13-17)20(16-10-4-2-5-11-16)24-22(25)18-14-8-9-15-19(18)23/h2-15H,1H3. The van der Waals surface area contributed by atoms with Gasteiger partial charge in [0, 0.05) is 28.2 Å². The number of hydrogen-bond donors (Lipinski definition) is 0. The van der Waals surface area contributed by atoms with E-state index in [-0.39, 0.29) is 0 Å². The van der Waals surface area contributed by atoms with Gasteiger partial charge >= 0.3 is 0 Å². The lowest BCUT2D eigenvalue weighted by molar-refractivity contribution is 0.932. The fourth-order valence-corrected chi connectivity index (χ4v) is 3.57. The summed E-state index contributed by atoms with van der Waals surface area (Å²) in [6.45, 7) is 0. The van der Waals surface area contributed by atoms with Crippen molar-refractivity contribution in [1.29, 1.82) is 0 Å². The quantitative estimate of drug-likeness (QED) is 0.409. The summed E-state index contributed by atoms with van der Waals surface area (Å²) < 4.78 is 3.22. The van der Waals surface area contributed by atoms with Crippen LogP contribution in [-0.4, -0.2) is 9.55 Å². The molecule has 0 N–H and O–H groups in total. The third-order valence-corrected chi connectivity index (χ3v) is 5.00. The normalized spacial score (nSPS) is 10.8. The van der Waals surface area contributed by atoms with Gasteiger partial charge in [-0.15, -0.1) is 0 Å². The van der Waals surface area contributed by atoms with Crippen molar-refractivity contribution in [3.63, 3.8) is 0 Å². The van der Waals surface area contributed by atoms with E-state index in [2.05, 4.69) is 82.1 Å². The molecule has 0 aliphatic heterocycles. The molecule has 0 unspecified atom stereocenters. The highest BCUT2D eigenvalue weighted by Gasteiger charge is 2.19. The van der Waals surface area contributed by atoms with Gasteiger partial charge in [-0.2, -0.15) is 0 Å². The van der Waals surface area contributed by atoms with Crippen LogP contribution < -0.4 is 0 Å². The molecule has 0 atom stereocenters. The average molecular weight is 389 g/mol. The second-order valence-electron chi connectivity index (χ2n) is 5.90. The van der Waals surface area contributed by atoms with Gasteiger partial charge in [-0.3, -0.25) is 0 Å². The molecule has 0 saturated heterocycles. The van der Waals surface area contributed by atoms with Gasteiger partial charge in [0.25, 0.3) is 0 Å². The highest BCUT2D eigenvalue weighted by molar-refractivity contribution is 9.10. The summed E-state index contributed by atoms with van der Waals surface area (Å²) in [6.07, 6.45) is 0. The van der Waals surface area contributed by atoms with Crippen molar-refractivity contribution in [2.45, 2.75) is 0 Å². The second kappa shape index (κ2) is 6.69. The van der Waals surface area contributed by atoms with Gasteiger partial charge in [-0.25, -0.2) is 4.98 Å². The number of rotatable bonds is 3. The number of benzene rings is 3. The molecule has 0 radical (unpaired) electrons. The summed E-state index contributed by atoms with van der Waals surface area (Å²) in [6, 6.07) is 29.0. The maximum absolute atomic E-state index is 5.02. The molecule has 4 aromatic rings. The van der Waals surface area contributed by atoms with Crippen molar-refractivity contribution < 1.29 is 0 Å². The van der Waals surface area contributed by atoms with Crippen molar-refractivity contribution in [3.05, 3.63) is 89.4 Å². The lowest BCUT2D eigenvalue weighted by Gasteiger charge is -2.09. The van der Waals surface area contributed by atoms with E-state index in [1.807, 2.05) is 30.3 Å². The molecule has 0 spiro atoms. The minimum atomic E-state index is 0.949. The molecule has 3 heteroatoms. The highest BCUT2D eigenvalue weighted by Crippen LogP contribution is 2.37. The zero-order valence-electron chi connectivity index (χ0n) is 13.9. The Bertz CT molecular complexity index is 1000. The Kier molecular flexibility index (Phi) is 4.24. The monoisotopic (exact) mass is 388 g/mol. The zero-order chi connectivity index (χ0) is 17.2. The van der Waals surface area contributed by atoms with Crippen LogP contribution in [0.5, 0.6) is 0 Å². The van der Waals surface area contributed by atoms with Crippen LogP contribution in [0.2, 0.25) is 0 Å². The molecule has 4 rings (SSSR count). The Hall–Kier alpha value is -2.65. The van der Waals surface area contributed by atoms with Crippen molar-refractivity contribution >= 4 is 15.9 Å². The smallest absolute Gasteiger partial charge is 0.142 e. The van der Waals surface area contributed by atoms with E-state index in [4.69, 9.17) is 4.98 Å². The molecular formula is C22H17BrN2. The summed E-state index contributed by atoms with van der Waals surface area (Å²) in [5.74, 6) is 0.949. The molecule has 122 valence electrons. The summed E-state index contributed by atoms with van der Waals surface area (Å²) >= 11 is 3.66. The third kappa shape index (κ3) is 2.92. The Labute approximate surface area is 155 Å². The Balaban J connectivity index is 2.01. The van der Waals surface area contributed by atoms with Crippen molar-refractivity contribution in [3.8, 4) is 33.9 Å². The SMILES string of the molecule is Cn1c(-c2ccccc2Br)nc(-c2ccccc2)c1-c1ccccc1. The van der Waals surface area contributed by atoms with Gasteiger partial charge in [0.2, 0.25) is 0 Å². The van der Waals surface area contributed by atoms with Crippen LogP contribution in [0.25, 0.3) is 33.9 Å². The van der Waals surface area contributed by atoms with Gasteiger partial charge in [0.1, 0.15) is 5.82 Å². The van der Waals surface area contributed by atoms with E-state index in [1.54, 1.807) is 0 Å². The van der Waals surface area contributed by atoms with Gasteiger partial charge in [-0.05, 0) is 6.07 Å². The molecule has 2 nitrogen and oxygen atoms in total. The van der Waals surface area contributed by atoms with Crippen LogP contribution in [0.15, 0.2) is 89.4 Å². The largest absolute Gasteiger partial charge is 0.327 e. The molecule has 0 amide bonds. The average Bonchev–Trinajstić information content (AvgIpc) is 3.01. The summed E-state index contributed by atoms with van der Waals surface area (Å²) in [5.41, 5.74) is 5.49. The lowest BCUT2D eigenvalue weighted by atomic mass is 10.1. The Morgan fingerprint density at radius 3 is 1.92 bits per heavy atom. The van der Waals surface area contributed by atoms with E-state index in [0.29, 0.717) is 0 Å². The Morgan fingerprint density at radius 1 is 0.720 bits per heavy atom. The lowest BCUT2D eigenvalue weighted by Crippen LogP contribution is -1.96. The molecule has 1 heterocycles. The molecular weight excluding hydrogens is 372 g/mol. The number of hydrogen-bond acceptors (Lipinski definition) is 1. The molecule has 3 aromatic carbocycles. The van der Waals surface area contributed by atoms with Crippen molar-refractivity contribution in [2.75, 3.05) is 0 Å². The van der Waals surface area contributed by atoms with E-state index in [9.17, 15) is 0 Å². The van der Waals surface area contributed by atoms with Gasteiger partial charge in [0.15, 0.2) is 0 Å². The van der Waals surface area contributed by atoms with Crippen LogP contribution in [-0.2, 0) is 7.05 Å². The molecule has 0 aliphatic carbocycles. The van der Waals surface area contributed by atoms with Gasteiger partial charge in [0.05, 0.1) is 11.4 Å². The van der Waals surface area contributed by atoms with E-state index >= 15 is 0 Å². The topological polar surface area (TPSA) is 17.8 Å². The number of halogens is 1. The number of nitrogens with zero attached hydrogens (tertiary/aromatic N) is 2. The first kappa shape index (κ1) is 15.9. The van der Waals surface area contributed by atoms with E-state index in [0.717, 1.165) is 38.4 Å². The van der Waals surface area contributed by atoms with Crippen LogP contribution in [0.3, 0.4) is 0 Å². The van der Waals surface area contributed by atoms with Crippen molar-refractivity contribution in [1.82, 2.24) is 9.55 Å². The van der Waals surface area contributed by atoms with Crippen LogP contribution >= 0.6 is 15.9 Å². The summed E-state index contributed by atoms with van der Waals surface area (Å²) in [4.78, 5) is 5.02. The second-order valence-corrected chi connectivity index (χ2v) is 6.76. The minimum Gasteiger partial charge on any atom is -0.327 e. The van der Waals surface area contributed by atoms with Gasteiger partial charge < -0.3 is 4.57 Å². The number of aromatic nitrogens is 2. The molecule has 0 fully saturated rings. The molecule has 0 saturated carbocycles. The Morgan fingerprint density at radius 2 is 1.28 bits per heavy atom. The maximum Gasteiger partial charge on any atom is 0.142 e. The third-order valence-electron chi connectivity index (χ3n) is 4.30. The molecule has 0 bridgehead atoms. The van der Waals surface area contributed by atoms with Crippen LogP contribution in [0.1, 0.15) is 0 Å². The van der Waals surface area contributed by atoms with Gasteiger partial charge in [-0.1, -0.05) is 94.8 Å². The summed E-state index contributed by atoms with van der Waals surface area (Å²) in [5, 5.41) is 0. The first-order chi connectivity index (χ1) is 12.3. The minimum absolute atomic E-state index is 0.949. The van der Waals surface area contributed by atoms with Crippen LogP contribution in [0, 0.1) is 0 Å². The van der Waals surface area contributed by atoms with E-state index in [1.165, 1.54) is 0 Å². The van der Waals surface area contributed by atoms with E-state index < -0.39 is 0 Å². The first-order valence-electron chi connectivity index (χ1n) is 8.18. The molecule has 1 aromatic heterocycles. The fraction of sp³-hybridized carbons (Fsp3) is 0.0455. The first-order valence-corrected chi connectivity index (χ1v) is 8.97. The fourth-order valence-electron chi connectivity index (χ4n) is 3.11. The molecule has 25 heavy (non-hydrogen) atoms. The van der Waals surface area contributed by atoms with Crippen molar-refractivity contribution in [2.24, 2.45) is 7.05 Å². The highest BCUT2D eigenvalue weighted by atomic mass is 79.9. The maximum atomic E-state index is 5.02.